The number of amides is 1. The number of rotatable bonds is 0. The lowest BCUT2D eigenvalue weighted by molar-refractivity contribution is -0.135. The first kappa shape index (κ1) is 5.54. The van der Waals surface area contributed by atoms with Crippen molar-refractivity contribution in [3.05, 3.63) is 0 Å². The molecule has 1 aliphatic rings. The molecule has 0 aliphatic carbocycles. The summed E-state index contributed by atoms with van der Waals surface area (Å²) in [6.45, 7) is 2.05. The molecule has 8 heavy (non-hydrogen) atoms. The van der Waals surface area contributed by atoms with Crippen LogP contribution in [0.1, 0.15) is 6.92 Å². The summed E-state index contributed by atoms with van der Waals surface area (Å²) < 4.78 is 11.9. The first-order valence-electron chi connectivity index (χ1n) is 2.59. The molecular weight excluding hydrogens is 109 g/mol. The van der Waals surface area contributed by atoms with Crippen LogP contribution >= 0.6 is 0 Å². The molecule has 1 saturated heterocycles. The van der Waals surface area contributed by atoms with Gasteiger partial charge in [0, 0.05) is 6.92 Å². The fourth-order valence-electron chi connectivity index (χ4n) is 0.682. The van der Waals surface area contributed by atoms with E-state index in [1.165, 1.54) is 11.8 Å². The molecular formula is C5H8FNO. The summed E-state index contributed by atoms with van der Waals surface area (Å²) in [4.78, 5) is 11.8. The Hall–Kier alpha value is -0.600. The Kier molecular flexibility index (Phi) is 1.19. The number of halogens is 1. The van der Waals surface area contributed by atoms with Gasteiger partial charge in [-0.05, 0) is 0 Å². The van der Waals surface area contributed by atoms with Gasteiger partial charge < -0.3 is 4.90 Å². The molecule has 0 atom stereocenters. The van der Waals surface area contributed by atoms with Gasteiger partial charge in [-0.25, -0.2) is 4.39 Å². The van der Waals surface area contributed by atoms with Gasteiger partial charge in [0.15, 0.2) is 0 Å². The van der Waals surface area contributed by atoms with Crippen LogP contribution in [0.15, 0.2) is 0 Å². The van der Waals surface area contributed by atoms with Crippen molar-refractivity contribution in [2.75, 3.05) is 13.1 Å². The molecule has 0 radical (unpaired) electrons. The number of likely N-dealkylation sites (tertiary alicyclic amines) is 1. The van der Waals surface area contributed by atoms with Crippen molar-refractivity contribution < 1.29 is 9.18 Å². The Morgan fingerprint density at radius 1 is 1.75 bits per heavy atom. The molecule has 0 aromatic heterocycles. The lowest BCUT2D eigenvalue weighted by Crippen LogP contribution is -2.50. The summed E-state index contributed by atoms with van der Waals surface area (Å²) in [5, 5.41) is 0. The van der Waals surface area contributed by atoms with Crippen LogP contribution in [-0.2, 0) is 4.79 Å². The van der Waals surface area contributed by atoms with Gasteiger partial charge in [-0.2, -0.15) is 0 Å². The van der Waals surface area contributed by atoms with Crippen molar-refractivity contribution in [3.63, 3.8) is 0 Å². The van der Waals surface area contributed by atoms with Gasteiger partial charge in [0.2, 0.25) is 5.91 Å². The third kappa shape index (κ3) is 0.804. The fourth-order valence-corrected chi connectivity index (χ4v) is 0.682. The van der Waals surface area contributed by atoms with Crippen LogP contribution in [0.5, 0.6) is 0 Å². The fraction of sp³-hybridized carbons (Fsp3) is 0.800. The van der Waals surface area contributed by atoms with E-state index in [4.69, 9.17) is 0 Å². The van der Waals surface area contributed by atoms with Crippen LogP contribution in [0.2, 0.25) is 0 Å². The van der Waals surface area contributed by atoms with E-state index in [2.05, 4.69) is 0 Å². The van der Waals surface area contributed by atoms with Crippen molar-refractivity contribution in [1.82, 2.24) is 4.90 Å². The Labute approximate surface area is 47.3 Å². The predicted molar refractivity (Wildman–Crippen MR) is 27.1 cm³/mol. The minimum atomic E-state index is -0.765. The zero-order chi connectivity index (χ0) is 6.15. The van der Waals surface area contributed by atoms with Gasteiger partial charge in [0.1, 0.15) is 6.17 Å². The highest BCUT2D eigenvalue weighted by Gasteiger charge is 2.27. The van der Waals surface area contributed by atoms with Crippen molar-refractivity contribution >= 4 is 5.91 Å². The highest BCUT2D eigenvalue weighted by Crippen LogP contribution is 2.09. The normalized spacial score (nSPS) is 20.5. The molecule has 2 nitrogen and oxygen atoms in total. The molecule has 3 heteroatoms. The molecule has 0 bridgehead atoms. The maximum Gasteiger partial charge on any atom is 0.219 e. The molecule has 1 aliphatic heterocycles. The first-order valence-corrected chi connectivity index (χ1v) is 2.59. The van der Waals surface area contributed by atoms with Crippen LogP contribution < -0.4 is 0 Å². The van der Waals surface area contributed by atoms with Gasteiger partial charge in [0.05, 0.1) is 13.1 Å². The van der Waals surface area contributed by atoms with Crippen molar-refractivity contribution in [3.8, 4) is 0 Å². The molecule has 1 fully saturated rings. The average Bonchev–Trinajstić information content (AvgIpc) is 1.57. The zero-order valence-corrected chi connectivity index (χ0v) is 4.72. The summed E-state index contributed by atoms with van der Waals surface area (Å²) in [5.41, 5.74) is 0. The largest absolute Gasteiger partial charge is 0.337 e. The maximum absolute atomic E-state index is 11.9. The van der Waals surface area contributed by atoms with E-state index in [-0.39, 0.29) is 5.91 Å². The lowest BCUT2D eigenvalue weighted by Gasteiger charge is -2.33. The Bertz CT molecular complexity index is 109. The van der Waals surface area contributed by atoms with E-state index >= 15 is 0 Å². The Morgan fingerprint density at radius 3 is 2.38 bits per heavy atom. The summed E-state index contributed by atoms with van der Waals surface area (Å²) >= 11 is 0. The van der Waals surface area contributed by atoms with Gasteiger partial charge in [-0.1, -0.05) is 0 Å². The quantitative estimate of drug-likeness (QED) is 0.443. The lowest BCUT2D eigenvalue weighted by atomic mass is 10.2. The SMILES string of the molecule is CC(=O)N1CC(F)C1. The number of hydrogen-bond acceptors (Lipinski definition) is 1. The highest BCUT2D eigenvalue weighted by molar-refractivity contribution is 5.74. The summed E-state index contributed by atoms with van der Waals surface area (Å²) in [6.07, 6.45) is -0.765. The molecule has 0 saturated carbocycles. The van der Waals surface area contributed by atoms with Gasteiger partial charge in [-0.3, -0.25) is 4.79 Å². The van der Waals surface area contributed by atoms with Crippen LogP contribution in [0.3, 0.4) is 0 Å². The van der Waals surface area contributed by atoms with Gasteiger partial charge >= 0.3 is 0 Å². The molecule has 0 N–H and O–H groups in total. The third-order valence-electron chi connectivity index (χ3n) is 1.28. The molecule has 0 spiro atoms. The first-order chi connectivity index (χ1) is 3.70. The Morgan fingerprint density at radius 2 is 2.25 bits per heavy atom. The maximum atomic E-state index is 11.9. The standard InChI is InChI=1S/C5H8FNO/c1-4(8)7-2-5(6)3-7/h5H,2-3H2,1H3. The second-order valence-corrected chi connectivity index (χ2v) is 2.02. The number of carbonyl (C=O) groups is 1. The van der Waals surface area contributed by atoms with E-state index in [1.54, 1.807) is 0 Å². The highest BCUT2D eigenvalue weighted by atomic mass is 19.1. The summed E-state index contributed by atoms with van der Waals surface area (Å²) in [6, 6.07) is 0. The monoisotopic (exact) mass is 117 g/mol. The van der Waals surface area contributed by atoms with Crippen LogP contribution in [-0.4, -0.2) is 30.1 Å². The average molecular weight is 117 g/mol. The number of carbonyl (C=O) groups excluding carboxylic acids is 1. The molecule has 1 amide bonds. The molecule has 1 heterocycles. The number of hydrogen-bond donors (Lipinski definition) is 0. The van der Waals surface area contributed by atoms with Crippen molar-refractivity contribution in [2.45, 2.75) is 13.1 Å². The number of nitrogens with zero attached hydrogens (tertiary/aromatic N) is 1. The number of alkyl halides is 1. The zero-order valence-electron chi connectivity index (χ0n) is 4.72. The van der Waals surface area contributed by atoms with Crippen molar-refractivity contribution in [1.29, 1.82) is 0 Å². The summed E-state index contributed by atoms with van der Waals surface area (Å²) in [7, 11) is 0. The van der Waals surface area contributed by atoms with Crippen LogP contribution in [0.25, 0.3) is 0 Å². The van der Waals surface area contributed by atoms with E-state index in [9.17, 15) is 9.18 Å². The molecule has 1 rings (SSSR count). The minimum Gasteiger partial charge on any atom is -0.337 e. The van der Waals surface area contributed by atoms with E-state index in [1.807, 2.05) is 0 Å². The smallest absolute Gasteiger partial charge is 0.219 e. The van der Waals surface area contributed by atoms with E-state index in [0.29, 0.717) is 13.1 Å². The second-order valence-electron chi connectivity index (χ2n) is 2.02. The predicted octanol–water partition coefficient (Wildman–Crippen LogP) is 0.187. The van der Waals surface area contributed by atoms with Crippen LogP contribution in [0, 0.1) is 0 Å². The van der Waals surface area contributed by atoms with E-state index < -0.39 is 6.17 Å². The molecule has 0 unspecified atom stereocenters. The molecule has 46 valence electrons. The van der Waals surface area contributed by atoms with Gasteiger partial charge in [0.25, 0.3) is 0 Å². The van der Waals surface area contributed by atoms with Crippen molar-refractivity contribution in [2.24, 2.45) is 0 Å². The second kappa shape index (κ2) is 1.73. The summed E-state index contributed by atoms with van der Waals surface area (Å²) in [5.74, 6) is -0.0288. The van der Waals surface area contributed by atoms with Gasteiger partial charge in [-0.15, -0.1) is 0 Å². The Balaban J connectivity index is 2.25. The molecule has 0 aromatic carbocycles. The third-order valence-corrected chi connectivity index (χ3v) is 1.28. The topological polar surface area (TPSA) is 20.3 Å². The van der Waals surface area contributed by atoms with E-state index in [0.717, 1.165) is 0 Å². The van der Waals surface area contributed by atoms with Crippen LogP contribution in [0.4, 0.5) is 4.39 Å². The minimum absolute atomic E-state index is 0.0288. The molecule has 0 aromatic rings.